The van der Waals surface area contributed by atoms with Gasteiger partial charge in [0.2, 0.25) is 0 Å². The van der Waals surface area contributed by atoms with E-state index in [4.69, 9.17) is 26.6 Å². The first-order valence-corrected chi connectivity index (χ1v) is 6.39. The van der Waals surface area contributed by atoms with E-state index in [0.717, 1.165) is 0 Å². The van der Waals surface area contributed by atoms with Crippen LogP contribution in [0.15, 0.2) is 24.3 Å². The first-order valence-electron chi connectivity index (χ1n) is 6.01. The molecule has 7 heteroatoms. The zero-order valence-electron chi connectivity index (χ0n) is 10.9. The molecule has 0 aliphatic heterocycles. The summed E-state index contributed by atoms with van der Waals surface area (Å²) in [6.07, 6.45) is -2.34. The van der Waals surface area contributed by atoms with Gasteiger partial charge in [0.25, 0.3) is 5.91 Å². The van der Waals surface area contributed by atoms with Gasteiger partial charge in [0, 0.05) is 13.0 Å². The van der Waals surface area contributed by atoms with Gasteiger partial charge in [0.1, 0.15) is 5.75 Å². The Morgan fingerprint density at radius 1 is 1.40 bits per heavy atom. The van der Waals surface area contributed by atoms with Crippen molar-refractivity contribution >= 4 is 23.5 Å². The van der Waals surface area contributed by atoms with Crippen LogP contribution in [-0.4, -0.2) is 40.8 Å². The van der Waals surface area contributed by atoms with Gasteiger partial charge in [-0.2, -0.15) is 0 Å². The summed E-state index contributed by atoms with van der Waals surface area (Å²) in [6.45, 7) is 1.59. The predicted molar refractivity (Wildman–Crippen MR) is 72.8 cm³/mol. The Bertz CT molecular complexity index is 480. The lowest BCUT2D eigenvalue weighted by atomic mass is 10.2. The number of amides is 1. The summed E-state index contributed by atoms with van der Waals surface area (Å²) in [6, 6.07) is 6.76. The van der Waals surface area contributed by atoms with E-state index in [2.05, 4.69) is 5.32 Å². The minimum absolute atomic E-state index is 0.0442. The number of ether oxygens (including phenoxy) is 1. The van der Waals surface area contributed by atoms with Crippen LogP contribution in [-0.2, 0) is 9.59 Å². The van der Waals surface area contributed by atoms with Crippen molar-refractivity contribution in [2.45, 2.75) is 25.6 Å². The molecule has 0 spiro atoms. The molecule has 2 atom stereocenters. The summed E-state index contributed by atoms with van der Waals surface area (Å²) in [7, 11) is 0. The molecule has 3 N–H and O–H groups in total. The van der Waals surface area contributed by atoms with Crippen LogP contribution < -0.4 is 10.1 Å². The zero-order valence-corrected chi connectivity index (χ0v) is 11.6. The van der Waals surface area contributed by atoms with Crippen LogP contribution in [0.2, 0.25) is 5.02 Å². The Labute approximate surface area is 121 Å². The van der Waals surface area contributed by atoms with Gasteiger partial charge in [0.05, 0.1) is 5.02 Å². The Hall–Kier alpha value is -1.79. The van der Waals surface area contributed by atoms with Gasteiger partial charge < -0.3 is 20.3 Å². The third-order valence-electron chi connectivity index (χ3n) is 2.51. The third kappa shape index (κ3) is 5.07. The second-order valence-electron chi connectivity index (χ2n) is 4.12. The van der Waals surface area contributed by atoms with Crippen molar-refractivity contribution in [3.63, 3.8) is 0 Å². The average Bonchev–Trinajstić information content (AvgIpc) is 2.40. The molecule has 0 aromatic heterocycles. The molecular formula is C13H16ClNO5. The maximum absolute atomic E-state index is 11.7. The molecule has 2 unspecified atom stereocenters. The van der Waals surface area contributed by atoms with E-state index in [9.17, 15) is 9.59 Å². The molecule has 0 saturated carbocycles. The minimum atomic E-state index is -1.49. The molecule has 1 rings (SSSR count). The fourth-order valence-electron chi connectivity index (χ4n) is 1.38. The fraction of sp³-hybridized carbons (Fsp3) is 0.385. The summed E-state index contributed by atoms with van der Waals surface area (Å²) in [5, 5.41) is 20.4. The molecule has 1 aromatic carbocycles. The first-order chi connectivity index (χ1) is 9.41. The van der Waals surface area contributed by atoms with Gasteiger partial charge in [-0.25, -0.2) is 4.79 Å². The van der Waals surface area contributed by atoms with E-state index in [0.29, 0.717) is 10.8 Å². The molecule has 6 nitrogen and oxygen atoms in total. The topological polar surface area (TPSA) is 95.9 Å². The number of carboxylic acid groups (broad SMARTS) is 1. The summed E-state index contributed by atoms with van der Waals surface area (Å²) in [4.78, 5) is 22.1. The Kier molecular flexibility index (Phi) is 6.27. The van der Waals surface area contributed by atoms with Gasteiger partial charge in [-0.1, -0.05) is 23.7 Å². The monoisotopic (exact) mass is 301 g/mol. The average molecular weight is 302 g/mol. The summed E-state index contributed by atoms with van der Waals surface area (Å²) in [5.74, 6) is -1.34. The van der Waals surface area contributed by atoms with Crippen LogP contribution in [0.25, 0.3) is 0 Å². The lowest BCUT2D eigenvalue weighted by molar-refractivity contribution is -0.147. The summed E-state index contributed by atoms with van der Waals surface area (Å²) in [5.41, 5.74) is 0. The highest BCUT2D eigenvalue weighted by Crippen LogP contribution is 2.24. The number of rotatable bonds is 7. The number of hydrogen-bond acceptors (Lipinski definition) is 4. The number of carbonyl (C=O) groups excluding carboxylic acids is 1. The SMILES string of the molecule is CC(Oc1ccccc1Cl)C(=O)NCCC(O)C(=O)O. The van der Waals surface area contributed by atoms with Crippen LogP contribution in [0.4, 0.5) is 0 Å². The van der Waals surface area contributed by atoms with E-state index in [1.54, 1.807) is 31.2 Å². The predicted octanol–water partition coefficient (Wildman–Crippen LogP) is 1.06. The van der Waals surface area contributed by atoms with E-state index < -0.39 is 24.1 Å². The zero-order chi connectivity index (χ0) is 15.1. The molecule has 20 heavy (non-hydrogen) atoms. The highest BCUT2D eigenvalue weighted by Gasteiger charge is 2.17. The van der Waals surface area contributed by atoms with Crippen molar-refractivity contribution in [3.05, 3.63) is 29.3 Å². The van der Waals surface area contributed by atoms with E-state index >= 15 is 0 Å². The number of hydrogen-bond donors (Lipinski definition) is 3. The van der Waals surface area contributed by atoms with Gasteiger partial charge in [0.15, 0.2) is 12.2 Å². The summed E-state index contributed by atoms with van der Waals surface area (Å²) >= 11 is 5.90. The molecule has 0 aliphatic carbocycles. The fourth-order valence-corrected chi connectivity index (χ4v) is 1.56. The summed E-state index contributed by atoms with van der Waals surface area (Å²) < 4.78 is 5.39. The molecule has 0 fully saturated rings. The van der Waals surface area contributed by atoms with Crippen molar-refractivity contribution < 1.29 is 24.5 Å². The molecule has 0 bridgehead atoms. The quantitative estimate of drug-likeness (QED) is 0.700. The number of benzene rings is 1. The van der Waals surface area contributed by atoms with Crippen LogP contribution in [0.5, 0.6) is 5.75 Å². The minimum Gasteiger partial charge on any atom is -0.479 e. The van der Waals surface area contributed by atoms with Crippen LogP contribution in [0.3, 0.4) is 0 Å². The molecule has 1 aromatic rings. The largest absolute Gasteiger partial charge is 0.479 e. The highest BCUT2D eigenvalue weighted by molar-refractivity contribution is 6.32. The standard InChI is InChI=1S/C13H16ClNO5/c1-8(20-11-5-3-2-4-9(11)14)12(17)15-7-6-10(16)13(18)19/h2-5,8,10,16H,6-7H2,1H3,(H,15,17)(H,18,19). The maximum atomic E-state index is 11.7. The Morgan fingerprint density at radius 2 is 2.05 bits per heavy atom. The number of para-hydroxylation sites is 1. The van der Waals surface area contributed by atoms with Crippen LogP contribution in [0.1, 0.15) is 13.3 Å². The number of carbonyl (C=O) groups is 2. The van der Waals surface area contributed by atoms with E-state index in [1.807, 2.05) is 0 Å². The van der Waals surface area contributed by atoms with Gasteiger partial charge in [-0.05, 0) is 19.1 Å². The van der Waals surface area contributed by atoms with Gasteiger partial charge >= 0.3 is 5.97 Å². The number of nitrogens with one attached hydrogen (secondary N) is 1. The number of aliphatic hydroxyl groups excluding tert-OH is 1. The third-order valence-corrected chi connectivity index (χ3v) is 2.82. The first kappa shape index (κ1) is 16.3. The molecular weight excluding hydrogens is 286 g/mol. The molecule has 0 aliphatic rings. The smallest absolute Gasteiger partial charge is 0.332 e. The Morgan fingerprint density at radius 3 is 2.65 bits per heavy atom. The molecule has 0 saturated heterocycles. The van der Waals surface area contributed by atoms with E-state index in [-0.39, 0.29) is 13.0 Å². The number of halogens is 1. The van der Waals surface area contributed by atoms with Crippen LogP contribution in [0, 0.1) is 0 Å². The number of aliphatic carboxylic acids is 1. The second kappa shape index (κ2) is 7.72. The lowest BCUT2D eigenvalue weighted by Gasteiger charge is -2.15. The van der Waals surface area contributed by atoms with E-state index in [1.165, 1.54) is 0 Å². The number of carboxylic acids is 1. The van der Waals surface area contributed by atoms with Crippen molar-refractivity contribution in [3.8, 4) is 5.75 Å². The Balaban J connectivity index is 2.40. The van der Waals surface area contributed by atoms with Crippen molar-refractivity contribution in [2.24, 2.45) is 0 Å². The molecule has 1 amide bonds. The van der Waals surface area contributed by atoms with Crippen molar-refractivity contribution in [1.29, 1.82) is 0 Å². The number of aliphatic hydroxyl groups is 1. The molecule has 0 heterocycles. The normalized spacial score (nSPS) is 13.3. The van der Waals surface area contributed by atoms with Gasteiger partial charge in [-0.3, -0.25) is 4.79 Å². The maximum Gasteiger partial charge on any atom is 0.332 e. The second-order valence-corrected chi connectivity index (χ2v) is 4.53. The highest BCUT2D eigenvalue weighted by atomic mass is 35.5. The van der Waals surface area contributed by atoms with Gasteiger partial charge in [-0.15, -0.1) is 0 Å². The van der Waals surface area contributed by atoms with Crippen molar-refractivity contribution in [1.82, 2.24) is 5.32 Å². The molecule has 110 valence electrons. The molecule has 0 radical (unpaired) electrons. The lowest BCUT2D eigenvalue weighted by Crippen LogP contribution is -2.38. The van der Waals surface area contributed by atoms with Crippen LogP contribution >= 0.6 is 11.6 Å². The van der Waals surface area contributed by atoms with Crippen molar-refractivity contribution in [2.75, 3.05) is 6.54 Å².